The van der Waals surface area contributed by atoms with Gasteiger partial charge < -0.3 is 25.1 Å². The van der Waals surface area contributed by atoms with E-state index < -0.39 is 0 Å². The second kappa shape index (κ2) is 11.5. The van der Waals surface area contributed by atoms with E-state index in [-0.39, 0.29) is 0 Å². The lowest BCUT2D eigenvalue weighted by Crippen LogP contribution is -2.07. The van der Waals surface area contributed by atoms with Gasteiger partial charge >= 0.3 is 0 Å². The minimum Gasteiger partial charge on any atom is -0.439 e. The van der Waals surface area contributed by atoms with Gasteiger partial charge in [-0.25, -0.2) is 4.98 Å². The van der Waals surface area contributed by atoms with E-state index in [1.54, 1.807) is 13.2 Å². The molecule has 0 spiro atoms. The molecule has 10 heteroatoms. The summed E-state index contributed by atoms with van der Waals surface area (Å²) in [7, 11) is 1.69. The normalized spacial score (nSPS) is 10.8. The summed E-state index contributed by atoms with van der Waals surface area (Å²) in [5, 5.41) is 15.6. The van der Waals surface area contributed by atoms with E-state index in [1.807, 2.05) is 61.7 Å². The van der Waals surface area contributed by atoms with Gasteiger partial charge in [0.2, 0.25) is 11.8 Å². The highest BCUT2D eigenvalue weighted by Gasteiger charge is 2.09. The summed E-state index contributed by atoms with van der Waals surface area (Å²) in [5.41, 5.74) is 3.02. The standard InChI is InChI=1S/C24H27N7O2S/c1-16-6-4-7-18(14-16)26-23-29-22(30-31-23)17-8-10-19(11-9-17)33-21-15-20(25-12-5-13-32-2)27-24(28-21)34-3/h4,6-11,14-15H,5,12-13H2,1-3H3,(H,25,27,28)(H2,26,29,30,31). The number of anilines is 3. The van der Waals surface area contributed by atoms with Crippen molar-refractivity contribution in [2.45, 2.75) is 18.5 Å². The number of benzene rings is 2. The topological polar surface area (TPSA) is 110 Å². The predicted molar refractivity (Wildman–Crippen MR) is 135 cm³/mol. The minimum absolute atomic E-state index is 0.477. The summed E-state index contributed by atoms with van der Waals surface area (Å²) in [5.74, 6) is 3.11. The number of aromatic nitrogens is 5. The maximum absolute atomic E-state index is 5.99. The van der Waals surface area contributed by atoms with E-state index in [9.17, 15) is 0 Å². The van der Waals surface area contributed by atoms with Crippen molar-refractivity contribution in [2.75, 3.05) is 37.2 Å². The molecule has 3 N–H and O–H groups in total. The summed E-state index contributed by atoms with van der Waals surface area (Å²) in [6.07, 6.45) is 2.82. The van der Waals surface area contributed by atoms with Crippen LogP contribution in [0.3, 0.4) is 0 Å². The van der Waals surface area contributed by atoms with Crippen molar-refractivity contribution in [2.24, 2.45) is 0 Å². The Labute approximate surface area is 202 Å². The molecule has 0 aliphatic rings. The smallest absolute Gasteiger partial charge is 0.226 e. The fraction of sp³-hybridized carbons (Fsp3) is 0.250. The number of H-pyrrole nitrogens is 1. The number of nitrogens with one attached hydrogen (secondary N) is 3. The highest BCUT2D eigenvalue weighted by Crippen LogP contribution is 2.27. The Morgan fingerprint density at radius 2 is 1.88 bits per heavy atom. The number of aryl methyl sites for hydroxylation is 1. The maximum atomic E-state index is 5.99. The van der Waals surface area contributed by atoms with Gasteiger partial charge in [-0.05, 0) is 61.6 Å². The Balaban J connectivity index is 1.41. The summed E-state index contributed by atoms with van der Waals surface area (Å²) in [6, 6.07) is 17.5. The van der Waals surface area contributed by atoms with Crippen molar-refractivity contribution < 1.29 is 9.47 Å². The number of aromatic amines is 1. The van der Waals surface area contributed by atoms with E-state index in [4.69, 9.17) is 9.47 Å². The molecule has 2 aromatic carbocycles. The van der Waals surface area contributed by atoms with Crippen molar-refractivity contribution >= 4 is 29.2 Å². The zero-order valence-corrected chi connectivity index (χ0v) is 20.1. The minimum atomic E-state index is 0.477. The number of rotatable bonds is 11. The first-order valence-electron chi connectivity index (χ1n) is 10.8. The zero-order chi connectivity index (χ0) is 23.8. The number of nitrogens with zero attached hydrogens (tertiary/aromatic N) is 4. The molecule has 2 aromatic heterocycles. The fourth-order valence-electron chi connectivity index (χ4n) is 3.18. The first kappa shape index (κ1) is 23.5. The summed E-state index contributed by atoms with van der Waals surface area (Å²) < 4.78 is 11.1. The zero-order valence-electron chi connectivity index (χ0n) is 19.3. The number of thioether (sulfide) groups is 1. The quantitative estimate of drug-likeness (QED) is 0.151. The van der Waals surface area contributed by atoms with Gasteiger partial charge in [-0.1, -0.05) is 23.9 Å². The lowest BCUT2D eigenvalue weighted by Gasteiger charge is -2.10. The molecule has 2 heterocycles. The molecular formula is C24H27N7O2S. The molecule has 0 saturated heterocycles. The van der Waals surface area contributed by atoms with E-state index in [2.05, 4.69) is 35.8 Å². The SMILES string of the molecule is COCCCNc1cc(Oc2ccc(-c3nnc(Nc4cccc(C)c4)[nH]3)cc2)nc(SC)n1. The molecule has 0 fully saturated rings. The fourth-order valence-corrected chi connectivity index (χ4v) is 3.55. The van der Waals surface area contributed by atoms with Crippen LogP contribution < -0.4 is 15.4 Å². The van der Waals surface area contributed by atoms with Crippen LogP contribution in [0.15, 0.2) is 59.8 Å². The van der Waals surface area contributed by atoms with Crippen LogP contribution in [-0.2, 0) is 4.74 Å². The Morgan fingerprint density at radius 3 is 2.65 bits per heavy atom. The third-order valence-electron chi connectivity index (χ3n) is 4.81. The predicted octanol–water partition coefficient (Wildman–Crippen LogP) is 5.28. The molecule has 0 bridgehead atoms. The Morgan fingerprint density at radius 1 is 1.03 bits per heavy atom. The van der Waals surface area contributed by atoms with Crippen LogP contribution in [0.5, 0.6) is 11.6 Å². The molecule has 0 unspecified atom stereocenters. The molecule has 34 heavy (non-hydrogen) atoms. The van der Waals surface area contributed by atoms with Crippen LogP contribution in [0, 0.1) is 6.92 Å². The highest BCUT2D eigenvalue weighted by molar-refractivity contribution is 7.98. The van der Waals surface area contributed by atoms with Crippen molar-refractivity contribution in [1.82, 2.24) is 25.1 Å². The van der Waals surface area contributed by atoms with E-state index in [0.29, 0.717) is 35.2 Å². The Hall–Kier alpha value is -3.63. The monoisotopic (exact) mass is 477 g/mol. The van der Waals surface area contributed by atoms with Gasteiger partial charge in [-0.15, -0.1) is 10.2 Å². The van der Waals surface area contributed by atoms with Crippen molar-refractivity contribution in [3.8, 4) is 23.0 Å². The molecule has 176 valence electrons. The van der Waals surface area contributed by atoms with Crippen LogP contribution >= 0.6 is 11.8 Å². The van der Waals surface area contributed by atoms with Gasteiger partial charge in [0.05, 0.1) is 0 Å². The average molecular weight is 478 g/mol. The molecule has 4 rings (SSSR count). The average Bonchev–Trinajstić information content (AvgIpc) is 3.30. The number of methoxy groups -OCH3 is 1. The summed E-state index contributed by atoms with van der Waals surface area (Å²) in [6.45, 7) is 3.49. The molecule has 0 saturated carbocycles. The second-order valence-electron chi connectivity index (χ2n) is 7.49. The van der Waals surface area contributed by atoms with E-state index >= 15 is 0 Å². The van der Waals surface area contributed by atoms with Crippen LogP contribution in [0.1, 0.15) is 12.0 Å². The van der Waals surface area contributed by atoms with Gasteiger partial charge in [0.1, 0.15) is 11.6 Å². The molecule has 9 nitrogen and oxygen atoms in total. The highest BCUT2D eigenvalue weighted by atomic mass is 32.2. The van der Waals surface area contributed by atoms with E-state index in [0.717, 1.165) is 30.0 Å². The van der Waals surface area contributed by atoms with Crippen LogP contribution in [0.25, 0.3) is 11.4 Å². The third-order valence-corrected chi connectivity index (χ3v) is 5.36. The van der Waals surface area contributed by atoms with Crippen LogP contribution in [-0.4, -0.2) is 51.7 Å². The first-order chi connectivity index (χ1) is 16.6. The summed E-state index contributed by atoms with van der Waals surface area (Å²) in [4.78, 5) is 12.1. The molecule has 0 radical (unpaired) electrons. The second-order valence-corrected chi connectivity index (χ2v) is 8.27. The molecule has 0 aliphatic carbocycles. The molecule has 0 atom stereocenters. The van der Waals surface area contributed by atoms with Crippen molar-refractivity contribution in [1.29, 1.82) is 0 Å². The maximum Gasteiger partial charge on any atom is 0.226 e. The van der Waals surface area contributed by atoms with E-state index in [1.165, 1.54) is 17.3 Å². The van der Waals surface area contributed by atoms with Crippen molar-refractivity contribution in [3.63, 3.8) is 0 Å². The summed E-state index contributed by atoms with van der Waals surface area (Å²) >= 11 is 1.46. The number of hydrogen-bond acceptors (Lipinski definition) is 9. The molecule has 0 amide bonds. The molecule has 0 aliphatic heterocycles. The Kier molecular flexibility index (Phi) is 7.95. The van der Waals surface area contributed by atoms with Gasteiger partial charge in [0.15, 0.2) is 11.0 Å². The van der Waals surface area contributed by atoms with Gasteiger partial charge in [0, 0.05) is 37.6 Å². The lowest BCUT2D eigenvalue weighted by atomic mass is 10.2. The first-order valence-corrected chi connectivity index (χ1v) is 12.1. The third kappa shape index (κ3) is 6.46. The van der Waals surface area contributed by atoms with Gasteiger partial charge in [-0.2, -0.15) is 4.98 Å². The lowest BCUT2D eigenvalue weighted by molar-refractivity contribution is 0.197. The van der Waals surface area contributed by atoms with Crippen LogP contribution in [0.4, 0.5) is 17.5 Å². The van der Waals surface area contributed by atoms with Crippen molar-refractivity contribution in [3.05, 3.63) is 60.2 Å². The number of hydrogen-bond donors (Lipinski definition) is 3. The number of ether oxygens (including phenoxy) is 2. The Bertz CT molecular complexity index is 1210. The van der Waals surface area contributed by atoms with Gasteiger partial charge in [0.25, 0.3) is 0 Å². The molecule has 4 aromatic rings. The largest absolute Gasteiger partial charge is 0.439 e. The van der Waals surface area contributed by atoms with Crippen LogP contribution in [0.2, 0.25) is 0 Å². The van der Waals surface area contributed by atoms with Gasteiger partial charge in [-0.3, -0.25) is 0 Å². The molecular weight excluding hydrogens is 450 g/mol.